The molecule has 1 unspecified atom stereocenters. The molecule has 0 aliphatic carbocycles. The monoisotopic (exact) mass is 409 g/mol. The second-order valence-corrected chi connectivity index (χ2v) is 8.23. The maximum absolute atomic E-state index is 12.8. The number of amides is 1. The van der Waals surface area contributed by atoms with Crippen LogP contribution in [0.2, 0.25) is 0 Å². The Labute approximate surface area is 176 Å². The number of methoxy groups -OCH3 is 1. The van der Waals surface area contributed by atoms with Crippen molar-refractivity contribution in [2.45, 2.75) is 19.4 Å². The van der Waals surface area contributed by atoms with E-state index in [0.717, 1.165) is 28.4 Å². The van der Waals surface area contributed by atoms with Gasteiger partial charge in [0, 0.05) is 13.0 Å². The van der Waals surface area contributed by atoms with Crippen LogP contribution in [0.5, 0.6) is 5.75 Å². The largest absolute Gasteiger partial charge is 0.497 e. The molecular weight excluding hydrogens is 382 g/mol. The van der Waals surface area contributed by atoms with Crippen LogP contribution in [0, 0.1) is 6.92 Å². The predicted octanol–water partition coefficient (Wildman–Crippen LogP) is 4.08. The molecule has 2 aromatic carbocycles. The number of hydrogen-bond donors (Lipinski definition) is 1. The third kappa shape index (κ3) is 5.43. The molecule has 0 aliphatic heterocycles. The van der Waals surface area contributed by atoms with Gasteiger partial charge < -0.3 is 15.0 Å². The molecule has 0 aliphatic rings. The van der Waals surface area contributed by atoms with Crippen LogP contribution < -0.4 is 10.1 Å². The fourth-order valence-electron chi connectivity index (χ4n) is 3.20. The first kappa shape index (κ1) is 21.0. The summed E-state index contributed by atoms with van der Waals surface area (Å²) in [4.78, 5) is 20.2. The Morgan fingerprint density at radius 2 is 1.83 bits per heavy atom. The maximum Gasteiger partial charge on any atom is 0.263 e. The van der Waals surface area contributed by atoms with Gasteiger partial charge in [0.2, 0.25) is 0 Å². The quantitative estimate of drug-likeness (QED) is 0.609. The smallest absolute Gasteiger partial charge is 0.263 e. The number of ether oxygens (including phenoxy) is 1. The van der Waals surface area contributed by atoms with E-state index >= 15 is 0 Å². The lowest BCUT2D eigenvalue weighted by Gasteiger charge is -2.25. The number of rotatable bonds is 8. The molecule has 29 heavy (non-hydrogen) atoms. The predicted molar refractivity (Wildman–Crippen MR) is 118 cm³/mol. The van der Waals surface area contributed by atoms with Crippen LogP contribution in [0.4, 0.5) is 0 Å². The number of aromatic nitrogens is 1. The lowest BCUT2D eigenvalue weighted by atomic mass is 10.1. The Hall–Kier alpha value is -2.70. The van der Waals surface area contributed by atoms with Gasteiger partial charge in [-0.3, -0.25) is 4.79 Å². The summed E-state index contributed by atoms with van der Waals surface area (Å²) < 4.78 is 5.23. The number of benzene rings is 2. The van der Waals surface area contributed by atoms with Crippen molar-refractivity contribution in [1.82, 2.24) is 15.2 Å². The van der Waals surface area contributed by atoms with E-state index in [1.54, 1.807) is 7.11 Å². The molecule has 1 atom stereocenters. The molecule has 0 saturated carbocycles. The minimum absolute atomic E-state index is 0.0697. The molecule has 1 aromatic heterocycles. The van der Waals surface area contributed by atoms with Crippen LogP contribution in [-0.4, -0.2) is 43.5 Å². The number of nitrogens with one attached hydrogen (secondary N) is 1. The lowest BCUT2D eigenvalue weighted by molar-refractivity contribution is 0.0945. The van der Waals surface area contributed by atoms with Gasteiger partial charge >= 0.3 is 0 Å². The van der Waals surface area contributed by atoms with Crippen molar-refractivity contribution in [3.8, 4) is 5.75 Å². The zero-order chi connectivity index (χ0) is 20.8. The maximum atomic E-state index is 12.8. The molecule has 3 rings (SSSR count). The Kier molecular flexibility index (Phi) is 7.01. The zero-order valence-corrected chi connectivity index (χ0v) is 18.1. The summed E-state index contributed by atoms with van der Waals surface area (Å²) in [5.41, 5.74) is 3.10. The Morgan fingerprint density at radius 3 is 2.45 bits per heavy atom. The van der Waals surface area contributed by atoms with Crippen LogP contribution in [0.3, 0.4) is 0 Å². The molecule has 1 N–H and O–H groups in total. The van der Waals surface area contributed by atoms with Crippen molar-refractivity contribution in [2.75, 3.05) is 27.7 Å². The van der Waals surface area contributed by atoms with Gasteiger partial charge in [0.05, 0.1) is 23.9 Å². The highest BCUT2D eigenvalue weighted by molar-refractivity contribution is 7.13. The minimum atomic E-state index is -0.0697. The first-order valence-electron chi connectivity index (χ1n) is 9.56. The fourth-order valence-corrected chi connectivity index (χ4v) is 4.22. The van der Waals surface area contributed by atoms with Gasteiger partial charge in [-0.2, -0.15) is 0 Å². The van der Waals surface area contributed by atoms with Crippen molar-refractivity contribution in [2.24, 2.45) is 0 Å². The van der Waals surface area contributed by atoms with Crippen LogP contribution in [-0.2, 0) is 6.42 Å². The molecule has 0 fully saturated rings. The van der Waals surface area contributed by atoms with Crippen molar-refractivity contribution < 1.29 is 9.53 Å². The molecule has 5 nitrogen and oxygen atoms in total. The van der Waals surface area contributed by atoms with Crippen LogP contribution in [0.25, 0.3) is 0 Å². The second kappa shape index (κ2) is 9.67. The molecule has 0 radical (unpaired) electrons. The van der Waals surface area contributed by atoms with Crippen molar-refractivity contribution in [1.29, 1.82) is 0 Å². The number of carbonyl (C=O) groups excluding carboxylic acids is 1. The van der Waals surface area contributed by atoms with Crippen LogP contribution >= 0.6 is 11.3 Å². The van der Waals surface area contributed by atoms with Crippen LogP contribution in [0.1, 0.15) is 37.5 Å². The van der Waals surface area contributed by atoms with Gasteiger partial charge in [0.25, 0.3) is 5.91 Å². The van der Waals surface area contributed by atoms with Gasteiger partial charge in [-0.15, -0.1) is 11.3 Å². The highest BCUT2D eigenvalue weighted by Gasteiger charge is 2.19. The number of carbonyl (C=O) groups is 1. The molecular formula is C23H27N3O2S. The molecule has 1 amide bonds. The van der Waals surface area contributed by atoms with E-state index in [2.05, 4.69) is 27.3 Å². The van der Waals surface area contributed by atoms with E-state index < -0.39 is 0 Å². The van der Waals surface area contributed by atoms with E-state index in [1.807, 2.05) is 63.5 Å². The third-order valence-electron chi connectivity index (χ3n) is 4.83. The highest BCUT2D eigenvalue weighted by Crippen LogP contribution is 2.23. The second-order valence-electron chi connectivity index (χ2n) is 7.15. The molecule has 152 valence electrons. The highest BCUT2D eigenvalue weighted by atomic mass is 32.1. The number of hydrogen-bond acceptors (Lipinski definition) is 5. The number of nitrogens with zero attached hydrogens (tertiary/aromatic N) is 2. The fraction of sp³-hybridized carbons (Fsp3) is 0.304. The summed E-state index contributed by atoms with van der Waals surface area (Å²) in [7, 11) is 5.68. The topological polar surface area (TPSA) is 54.5 Å². The molecule has 3 aromatic rings. The molecule has 0 bridgehead atoms. The average Bonchev–Trinajstić information content (AvgIpc) is 3.09. The van der Waals surface area contributed by atoms with E-state index in [4.69, 9.17) is 4.74 Å². The van der Waals surface area contributed by atoms with Crippen molar-refractivity contribution in [3.05, 3.63) is 81.3 Å². The number of thiazole rings is 1. The van der Waals surface area contributed by atoms with Crippen molar-refractivity contribution >= 4 is 17.2 Å². The summed E-state index contributed by atoms with van der Waals surface area (Å²) in [6.45, 7) is 2.41. The summed E-state index contributed by atoms with van der Waals surface area (Å²) in [5.74, 6) is 0.751. The van der Waals surface area contributed by atoms with Gasteiger partial charge in [-0.1, -0.05) is 42.5 Å². The molecule has 1 heterocycles. The van der Waals surface area contributed by atoms with Gasteiger partial charge in [-0.05, 0) is 44.3 Å². The summed E-state index contributed by atoms with van der Waals surface area (Å²) in [5, 5.41) is 4.04. The van der Waals surface area contributed by atoms with Crippen molar-refractivity contribution in [3.63, 3.8) is 0 Å². The Balaban J connectivity index is 1.67. The van der Waals surface area contributed by atoms with E-state index in [0.29, 0.717) is 11.4 Å². The first-order chi connectivity index (χ1) is 14.0. The normalized spacial score (nSPS) is 12.0. The minimum Gasteiger partial charge on any atom is -0.497 e. The van der Waals surface area contributed by atoms with Gasteiger partial charge in [-0.25, -0.2) is 4.98 Å². The molecule has 0 saturated heterocycles. The van der Waals surface area contributed by atoms with Crippen LogP contribution in [0.15, 0.2) is 54.6 Å². The summed E-state index contributed by atoms with van der Waals surface area (Å²) in [6, 6.07) is 18.2. The van der Waals surface area contributed by atoms with Gasteiger partial charge in [0.15, 0.2) is 0 Å². The number of aryl methyl sites for hydroxylation is 1. The van der Waals surface area contributed by atoms with E-state index in [9.17, 15) is 4.79 Å². The third-order valence-corrected chi connectivity index (χ3v) is 5.98. The van der Waals surface area contributed by atoms with E-state index in [-0.39, 0.29) is 11.9 Å². The molecule has 6 heteroatoms. The van der Waals surface area contributed by atoms with Gasteiger partial charge in [0.1, 0.15) is 10.6 Å². The standard InChI is InChI=1S/C23H27N3O2S/c1-16-22(29-21(25-16)14-17-8-6-5-7-9-17)23(27)24-15-20(26(2)3)18-10-12-19(28-4)13-11-18/h5-13,20H,14-15H2,1-4H3,(H,24,27). The Morgan fingerprint density at radius 1 is 1.14 bits per heavy atom. The molecule has 0 spiro atoms. The SMILES string of the molecule is COc1ccc(C(CNC(=O)c2sc(Cc3ccccc3)nc2C)N(C)C)cc1. The number of likely N-dealkylation sites (N-methyl/N-ethyl adjacent to an activating group) is 1. The average molecular weight is 410 g/mol. The summed E-state index contributed by atoms with van der Waals surface area (Å²) in [6.07, 6.45) is 0.742. The van der Waals surface area contributed by atoms with E-state index in [1.165, 1.54) is 16.9 Å². The first-order valence-corrected chi connectivity index (χ1v) is 10.4. The lowest BCUT2D eigenvalue weighted by Crippen LogP contribution is -2.34. The zero-order valence-electron chi connectivity index (χ0n) is 17.3. The summed E-state index contributed by atoms with van der Waals surface area (Å²) >= 11 is 1.47. The Bertz CT molecular complexity index is 937.